The van der Waals surface area contributed by atoms with Crippen molar-refractivity contribution in [1.29, 1.82) is 0 Å². The Morgan fingerprint density at radius 3 is 3.00 bits per heavy atom. The van der Waals surface area contributed by atoms with Gasteiger partial charge in [-0.2, -0.15) is 0 Å². The van der Waals surface area contributed by atoms with Gasteiger partial charge >= 0.3 is 0 Å². The molecular weight excluding hydrogens is 162 g/mol. The highest BCUT2D eigenvalue weighted by Gasteiger charge is 2.20. The van der Waals surface area contributed by atoms with Gasteiger partial charge in [0.2, 0.25) is 6.41 Å². The number of rotatable bonds is 4. The van der Waals surface area contributed by atoms with Gasteiger partial charge in [-0.05, 0) is 37.5 Å². The highest BCUT2D eigenvalue weighted by Crippen LogP contribution is 2.33. The van der Waals surface area contributed by atoms with E-state index in [9.17, 15) is 4.79 Å². The SMILES string of the molecule is C=C1CC(C)CC(CCNC=O)C1. The number of hydrogen-bond acceptors (Lipinski definition) is 1. The number of carbonyl (C=O) groups is 1. The van der Waals surface area contributed by atoms with Crippen molar-refractivity contribution in [3.05, 3.63) is 12.2 Å². The van der Waals surface area contributed by atoms with E-state index in [1.165, 1.54) is 18.4 Å². The summed E-state index contributed by atoms with van der Waals surface area (Å²) in [6, 6.07) is 0. The molecule has 1 rings (SSSR count). The molecule has 1 aliphatic carbocycles. The minimum atomic E-state index is 0.740. The van der Waals surface area contributed by atoms with Crippen LogP contribution < -0.4 is 5.32 Å². The van der Waals surface area contributed by atoms with E-state index in [0.717, 1.165) is 37.6 Å². The molecule has 2 unspecified atom stereocenters. The molecule has 2 atom stereocenters. The number of nitrogens with one attached hydrogen (secondary N) is 1. The molecule has 13 heavy (non-hydrogen) atoms. The van der Waals surface area contributed by atoms with E-state index in [1.807, 2.05) is 0 Å². The predicted octanol–water partition coefficient (Wildman–Crippen LogP) is 2.11. The highest BCUT2D eigenvalue weighted by molar-refractivity contribution is 5.45. The second-order valence-corrected chi connectivity index (χ2v) is 4.23. The summed E-state index contributed by atoms with van der Waals surface area (Å²) in [7, 11) is 0. The van der Waals surface area contributed by atoms with Crippen LogP contribution in [0.5, 0.6) is 0 Å². The fourth-order valence-electron chi connectivity index (χ4n) is 2.29. The topological polar surface area (TPSA) is 29.1 Å². The zero-order chi connectivity index (χ0) is 9.68. The quantitative estimate of drug-likeness (QED) is 0.402. The molecule has 0 aliphatic heterocycles. The molecule has 2 heteroatoms. The van der Waals surface area contributed by atoms with Crippen LogP contribution >= 0.6 is 0 Å². The molecule has 2 nitrogen and oxygen atoms in total. The molecule has 1 fully saturated rings. The molecule has 0 saturated heterocycles. The first kappa shape index (κ1) is 10.3. The first-order valence-electron chi connectivity index (χ1n) is 5.06. The predicted molar refractivity (Wildman–Crippen MR) is 54.3 cm³/mol. The number of carbonyl (C=O) groups excluding carboxylic acids is 1. The van der Waals surface area contributed by atoms with Crippen molar-refractivity contribution in [2.45, 2.75) is 32.6 Å². The van der Waals surface area contributed by atoms with Crippen LogP contribution in [-0.2, 0) is 4.79 Å². The molecule has 0 spiro atoms. The van der Waals surface area contributed by atoms with E-state index in [2.05, 4.69) is 18.8 Å². The molecule has 74 valence electrons. The Balaban J connectivity index is 2.24. The molecular formula is C11H19NO. The standard InChI is InChI=1S/C11H19NO/c1-9-5-10(2)7-11(6-9)3-4-12-8-13/h8,10-11H,1,3-7H2,2H3,(H,12,13). The second kappa shape index (κ2) is 5.05. The van der Waals surface area contributed by atoms with Crippen molar-refractivity contribution in [2.24, 2.45) is 11.8 Å². The van der Waals surface area contributed by atoms with Crippen molar-refractivity contribution in [2.75, 3.05) is 6.54 Å². The Morgan fingerprint density at radius 2 is 2.38 bits per heavy atom. The van der Waals surface area contributed by atoms with Gasteiger partial charge in [-0.25, -0.2) is 0 Å². The molecule has 1 N–H and O–H groups in total. The van der Waals surface area contributed by atoms with Crippen LogP contribution in [-0.4, -0.2) is 13.0 Å². The summed E-state index contributed by atoms with van der Waals surface area (Å²) >= 11 is 0. The lowest BCUT2D eigenvalue weighted by Crippen LogP contribution is -2.20. The van der Waals surface area contributed by atoms with Crippen LogP contribution in [0.15, 0.2) is 12.2 Å². The Kier molecular flexibility index (Phi) is 4.00. The van der Waals surface area contributed by atoms with E-state index in [-0.39, 0.29) is 0 Å². The number of allylic oxidation sites excluding steroid dienone is 1. The van der Waals surface area contributed by atoms with E-state index in [4.69, 9.17) is 0 Å². The van der Waals surface area contributed by atoms with Crippen LogP contribution in [0.4, 0.5) is 0 Å². The summed E-state index contributed by atoms with van der Waals surface area (Å²) in [5, 5.41) is 2.71. The summed E-state index contributed by atoms with van der Waals surface area (Å²) in [6.45, 7) is 7.15. The van der Waals surface area contributed by atoms with Gasteiger partial charge in [-0.3, -0.25) is 4.79 Å². The molecule has 1 amide bonds. The summed E-state index contributed by atoms with van der Waals surface area (Å²) in [6.07, 6.45) is 5.52. The monoisotopic (exact) mass is 181 g/mol. The van der Waals surface area contributed by atoms with Crippen molar-refractivity contribution in [3.8, 4) is 0 Å². The van der Waals surface area contributed by atoms with Crippen LogP contribution in [0.2, 0.25) is 0 Å². The van der Waals surface area contributed by atoms with Gasteiger partial charge in [0.05, 0.1) is 0 Å². The first-order chi connectivity index (χ1) is 6.22. The third kappa shape index (κ3) is 3.62. The van der Waals surface area contributed by atoms with Crippen molar-refractivity contribution >= 4 is 6.41 Å². The molecule has 0 aromatic heterocycles. The zero-order valence-corrected chi connectivity index (χ0v) is 8.38. The van der Waals surface area contributed by atoms with Gasteiger partial charge < -0.3 is 5.32 Å². The lowest BCUT2D eigenvalue weighted by Gasteiger charge is -2.28. The van der Waals surface area contributed by atoms with E-state index in [0.29, 0.717) is 0 Å². The molecule has 0 aromatic carbocycles. The van der Waals surface area contributed by atoms with Gasteiger partial charge in [0.1, 0.15) is 0 Å². The Labute approximate surface area is 80.4 Å². The number of amides is 1. The van der Waals surface area contributed by atoms with Gasteiger partial charge in [0.15, 0.2) is 0 Å². The lowest BCUT2D eigenvalue weighted by atomic mass is 9.78. The zero-order valence-electron chi connectivity index (χ0n) is 8.38. The fraction of sp³-hybridized carbons (Fsp3) is 0.727. The molecule has 1 saturated carbocycles. The molecule has 0 heterocycles. The maximum Gasteiger partial charge on any atom is 0.207 e. The molecule has 1 aliphatic rings. The maximum absolute atomic E-state index is 10.0. The largest absolute Gasteiger partial charge is 0.359 e. The van der Waals surface area contributed by atoms with Gasteiger partial charge in [-0.15, -0.1) is 0 Å². The second-order valence-electron chi connectivity index (χ2n) is 4.23. The van der Waals surface area contributed by atoms with E-state index < -0.39 is 0 Å². The Bertz CT molecular complexity index is 189. The smallest absolute Gasteiger partial charge is 0.207 e. The van der Waals surface area contributed by atoms with Crippen LogP contribution in [0.3, 0.4) is 0 Å². The Hall–Kier alpha value is -0.790. The normalized spacial score (nSPS) is 28.5. The van der Waals surface area contributed by atoms with Crippen LogP contribution in [0.1, 0.15) is 32.6 Å². The van der Waals surface area contributed by atoms with Crippen LogP contribution in [0, 0.1) is 11.8 Å². The van der Waals surface area contributed by atoms with Crippen molar-refractivity contribution in [1.82, 2.24) is 5.32 Å². The third-order valence-electron chi connectivity index (χ3n) is 2.73. The summed E-state index contributed by atoms with van der Waals surface area (Å²) < 4.78 is 0. The summed E-state index contributed by atoms with van der Waals surface area (Å²) in [5.41, 5.74) is 1.38. The van der Waals surface area contributed by atoms with Crippen molar-refractivity contribution < 1.29 is 4.79 Å². The first-order valence-corrected chi connectivity index (χ1v) is 5.06. The molecule has 0 aromatic rings. The number of hydrogen-bond donors (Lipinski definition) is 1. The van der Waals surface area contributed by atoms with Crippen molar-refractivity contribution in [3.63, 3.8) is 0 Å². The average Bonchev–Trinajstić information content (AvgIpc) is 2.03. The third-order valence-corrected chi connectivity index (χ3v) is 2.73. The van der Waals surface area contributed by atoms with Gasteiger partial charge in [0, 0.05) is 6.54 Å². The van der Waals surface area contributed by atoms with E-state index in [1.54, 1.807) is 0 Å². The molecule has 0 radical (unpaired) electrons. The average molecular weight is 181 g/mol. The fourth-order valence-corrected chi connectivity index (χ4v) is 2.29. The minimum absolute atomic E-state index is 0.740. The van der Waals surface area contributed by atoms with Crippen LogP contribution in [0.25, 0.3) is 0 Å². The van der Waals surface area contributed by atoms with E-state index >= 15 is 0 Å². The summed E-state index contributed by atoms with van der Waals surface area (Å²) in [4.78, 5) is 10.0. The highest BCUT2D eigenvalue weighted by atomic mass is 16.1. The molecule has 0 bridgehead atoms. The lowest BCUT2D eigenvalue weighted by molar-refractivity contribution is -0.109. The Morgan fingerprint density at radius 1 is 1.62 bits per heavy atom. The maximum atomic E-state index is 10.0. The van der Waals surface area contributed by atoms with Gasteiger partial charge in [-0.1, -0.05) is 19.1 Å². The summed E-state index contributed by atoms with van der Waals surface area (Å²) in [5.74, 6) is 1.52. The minimum Gasteiger partial charge on any atom is -0.359 e. The van der Waals surface area contributed by atoms with Gasteiger partial charge in [0.25, 0.3) is 0 Å².